The smallest absolute Gasteiger partial charge is 0.335 e. The maximum absolute atomic E-state index is 12.4. The van der Waals surface area contributed by atoms with E-state index in [2.05, 4.69) is 5.32 Å². The molecule has 0 atom stereocenters. The van der Waals surface area contributed by atoms with Crippen LogP contribution < -0.4 is 5.32 Å². The second-order valence-electron chi connectivity index (χ2n) is 6.64. The van der Waals surface area contributed by atoms with Gasteiger partial charge in [0.15, 0.2) is 9.84 Å². The van der Waals surface area contributed by atoms with E-state index >= 15 is 0 Å². The van der Waals surface area contributed by atoms with E-state index in [0.29, 0.717) is 4.90 Å². The molecule has 0 bridgehead atoms. The van der Waals surface area contributed by atoms with Gasteiger partial charge in [-0.2, -0.15) is 13.2 Å². The summed E-state index contributed by atoms with van der Waals surface area (Å²) in [6, 6.07) is 6.91. The van der Waals surface area contributed by atoms with Crippen molar-refractivity contribution in [2.75, 3.05) is 19.8 Å². The van der Waals surface area contributed by atoms with Gasteiger partial charge < -0.3 is 10.2 Å². The monoisotopic (exact) mass is 405 g/mol. The summed E-state index contributed by atoms with van der Waals surface area (Å²) >= 11 is 0. The number of rotatable bonds is 4. The quantitative estimate of drug-likeness (QED) is 0.820. The van der Waals surface area contributed by atoms with Gasteiger partial charge in [-0.15, -0.1) is 0 Å². The highest BCUT2D eigenvalue weighted by molar-refractivity contribution is 7.92. The Labute approximate surface area is 154 Å². The van der Waals surface area contributed by atoms with Crippen LogP contribution in [0, 0.1) is 0 Å². The first-order valence-electron chi connectivity index (χ1n) is 8.25. The summed E-state index contributed by atoms with van der Waals surface area (Å²) in [5, 5.41) is 1.96. The fraction of sp³-hybridized carbons (Fsp3) is 0.500. The van der Waals surface area contributed by atoms with E-state index in [1.54, 1.807) is 18.2 Å². The lowest BCUT2D eigenvalue weighted by Crippen LogP contribution is -2.53. The zero-order valence-corrected chi connectivity index (χ0v) is 15.0. The summed E-state index contributed by atoms with van der Waals surface area (Å²) in [7, 11) is -3.48. The first-order valence-corrected chi connectivity index (χ1v) is 9.80. The molecule has 1 N–H and O–H groups in total. The number of alkyl halides is 3. The van der Waals surface area contributed by atoms with Gasteiger partial charge in [-0.1, -0.05) is 18.2 Å². The molecule has 1 aromatic rings. The number of carbonyl (C=O) groups is 2. The fourth-order valence-electron chi connectivity index (χ4n) is 3.09. The third-order valence-electron chi connectivity index (χ3n) is 4.61. The molecule has 1 saturated heterocycles. The number of benzene rings is 1. The number of sulfone groups is 1. The molecule has 3 rings (SSSR count). The average Bonchev–Trinajstić information content (AvgIpc) is 2.90. The van der Waals surface area contributed by atoms with Crippen molar-refractivity contribution in [1.29, 1.82) is 0 Å². The predicted molar refractivity (Wildman–Crippen MR) is 88.3 cm³/mol. The van der Waals surface area contributed by atoms with E-state index < -0.39 is 59.0 Å². The zero-order valence-electron chi connectivity index (χ0n) is 14.1. The van der Waals surface area contributed by atoms with Crippen molar-refractivity contribution in [3.05, 3.63) is 30.3 Å². The minimum Gasteiger partial charge on any atom is -0.335 e. The van der Waals surface area contributed by atoms with Crippen LogP contribution in [-0.2, 0) is 14.6 Å². The Kier molecular flexibility index (Phi) is 5.06. The van der Waals surface area contributed by atoms with Gasteiger partial charge in [0.25, 0.3) is 0 Å². The molecule has 27 heavy (non-hydrogen) atoms. The normalized spacial score (nSPS) is 23.3. The van der Waals surface area contributed by atoms with Crippen molar-refractivity contribution < 1.29 is 31.2 Å². The van der Waals surface area contributed by atoms with Gasteiger partial charge in [0.1, 0.15) is 13.1 Å². The molecule has 0 radical (unpaired) electrons. The van der Waals surface area contributed by atoms with Crippen LogP contribution in [0.1, 0.15) is 12.8 Å². The van der Waals surface area contributed by atoms with Crippen LogP contribution in [0.5, 0.6) is 0 Å². The summed E-state index contributed by atoms with van der Waals surface area (Å²) in [5.74, 6) is -0.777. The molecule has 1 aliphatic carbocycles. The van der Waals surface area contributed by atoms with E-state index in [4.69, 9.17) is 0 Å². The Morgan fingerprint density at radius 1 is 1.19 bits per heavy atom. The third-order valence-corrected chi connectivity index (χ3v) is 6.80. The van der Waals surface area contributed by atoms with Crippen LogP contribution in [0.3, 0.4) is 0 Å². The molecule has 2 fully saturated rings. The molecule has 1 aromatic carbocycles. The molecule has 7 nitrogen and oxygen atoms in total. The summed E-state index contributed by atoms with van der Waals surface area (Å²) in [6.07, 6.45) is -4.09. The van der Waals surface area contributed by atoms with Gasteiger partial charge in [0.2, 0.25) is 5.91 Å². The van der Waals surface area contributed by atoms with E-state index in [1.807, 2.05) is 0 Å². The summed E-state index contributed by atoms with van der Waals surface area (Å²) in [6.45, 7) is -2.28. The lowest BCUT2D eigenvalue weighted by molar-refractivity contribution is -0.157. The van der Waals surface area contributed by atoms with Crippen LogP contribution in [0.15, 0.2) is 35.2 Å². The van der Waals surface area contributed by atoms with Crippen molar-refractivity contribution in [3.63, 3.8) is 0 Å². The number of halogens is 3. The first-order chi connectivity index (χ1) is 12.6. The maximum atomic E-state index is 12.4. The number of hydrogen-bond acceptors (Lipinski definition) is 4. The van der Waals surface area contributed by atoms with Crippen molar-refractivity contribution in [2.45, 2.75) is 35.2 Å². The van der Waals surface area contributed by atoms with E-state index in [9.17, 15) is 31.2 Å². The fourth-order valence-corrected chi connectivity index (χ4v) is 4.99. The van der Waals surface area contributed by atoms with Crippen LogP contribution >= 0.6 is 0 Å². The maximum Gasteiger partial charge on any atom is 0.406 e. The molecular weight excluding hydrogens is 387 g/mol. The first kappa shape index (κ1) is 19.5. The standard InChI is InChI=1S/C16H18F3N3O4S/c17-16(18,19)9-22-10-21(8-14(22)23)15(24)20-11-6-13(7-11)27(25,26)12-4-2-1-3-5-12/h1-5,11,13H,6-10H2,(H,20,24). The summed E-state index contributed by atoms with van der Waals surface area (Å²) < 4.78 is 62.1. The van der Waals surface area contributed by atoms with Crippen LogP contribution in [0.2, 0.25) is 0 Å². The second kappa shape index (κ2) is 7.02. The van der Waals surface area contributed by atoms with Crippen LogP contribution in [0.4, 0.5) is 18.0 Å². The highest BCUT2D eigenvalue weighted by Crippen LogP contribution is 2.32. The minimum absolute atomic E-state index is 0.215. The molecule has 0 spiro atoms. The van der Waals surface area contributed by atoms with Crippen molar-refractivity contribution in [3.8, 4) is 0 Å². The van der Waals surface area contributed by atoms with Crippen molar-refractivity contribution in [1.82, 2.24) is 15.1 Å². The predicted octanol–water partition coefficient (Wildman–Crippen LogP) is 1.36. The largest absolute Gasteiger partial charge is 0.406 e. The molecule has 0 aromatic heterocycles. The lowest BCUT2D eigenvalue weighted by Gasteiger charge is -2.36. The Bertz CT molecular complexity index is 823. The van der Waals surface area contributed by atoms with Gasteiger partial charge in [0.05, 0.1) is 16.8 Å². The number of nitrogens with zero attached hydrogens (tertiary/aromatic N) is 2. The van der Waals surface area contributed by atoms with E-state index in [0.717, 1.165) is 4.90 Å². The number of urea groups is 1. The Hall–Kier alpha value is -2.30. The topological polar surface area (TPSA) is 86.8 Å². The van der Waals surface area contributed by atoms with Gasteiger partial charge in [-0.3, -0.25) is 9.69 Å². The molecule has 1 saturated carbocycles. The number of nitrogens with one attached hydrogen (secondary N) is 1. The molecule has 148 valence electrons. The van der Waals surface area contributed by atoms with Gasteiger partial charge in [0, 0.05) is 6.04 Å². The summed E-state index contributed by atoms with van der Waals surface area (Å²) in [4.78, 5) is 25.5. The highest BCUT2D eigenvalue weighted by atomic mass is 32.2. The van der Waals surface area contributed by atoms with Crippen LogP contribution in [0.25, 0.3) is 0 Å². The lowest BCUT2D eigenvalue weighted by atomic mass is 9.92. The average molecular weight is 405 g/mol. The third kappa shape index (κ3) is 4.34. The number of amides is 3. The summed E-state index contributed by atoms with van der Waals surface area (Å²) in [5.41, 5.74) is 0. The van der Waals surface area contributed by atoms with Gasteiger partial charge in [-0.05, 0) is 25.0 Å². The minimum atomic E-state index is -4.53. The van der Waals surface area contributed by atoms with Gasteiger partial charge >= 0.3 is 12.2 Å². The van der Waals surface area contributed by atoms with E-state index in [1.165, 1.54) is 12.1 Å². The molecular formula is C16H18F3N3O4S. The number of carbonyl (C=O) groups excluding carboxylic acids is 2. The van der Waals surface area contributed by atoms with Crippen molar-refractivity contribution in [2.24, 2.45) is 0 Å². The van der Waals surface area contributed by atoms with Gasteiger partial charge in [-0.25, -0.2) is 13.2 Å². The Balaban J connectivity index is 1.51. The molecule has 11 heteroatoms. The molecule has 2 aliphatic rings. The van der Waals surface area contributed by atoms with E-state index in [-0.39, 0.29) is 17.7 Å². The van der Waals surface area contributed by atoms with Crippen LogP contribution in [-0.4, -0.2) is 67.4 Å². The van der Waals surface area contributed by atoms with Crippen molar-refractivity contribution >= 4 is 21.8 Å². The number of hydrogen-bond donors (Lipinski definition) is 1. The highest BCUT2D eigenvalue weighted by Gasteiger charge is 2.42. The Morgan fingerprint density at radius 2 is 1.81 bits per heavy atom. The molecule has 3 amide bonds. The molecule has 1 aliphatic heterocycles. The second-order valence-corrected chi connectivity index (χ2v) is 8.87. The molecule has 0 unspecified atom stereocenters. The Morgan fingerprint density at radius 3 is 2.41 bits per heavy atom. The zero-order chi connectivity index (χ0) is 19.8. The molecule has 1 heterocycles. The SMILES string of the molecule is O=C1CN(C(=O)NC2CC(S(=O)(=O)c3ccccc3)C2)CN1CC(F)(F)F.